The molecule has 182 valence electrons. The summed E-state index contributed by atoms with van der Waals surface area (Å²) in [7, 11) is 0. The van der Waals surface area contributed by atoms with E-state index in [9.17, 15) is 10.2 Å². The lowest BCUT2D eigenvalue weighted by molar-refractivity contribution is 0.0937. The second-order valence-corrected chi connectivity index (χ2v) is 10.7. The number of halogens is 2. The van der Waals surface area contributed by atoms with E-state index < -0.39 is 11.2 Å². The number of nitrogens with one attached hydrogen (secondary N) is 4. The number of benzene rings is 1. The summed E-state index contributed by atoms with van der Waals surface area (Å²) in [6.45, 7) is 7.54. The smallest absolute Gasteiger partial charge is 0.229 e. The predicted molar refractivity (Wildman–Crippen MR) is 142 cm³/mol. The molecule has 0 atom stereocenters. The van der Waals surface area contributed by atoms with E-state index in [0.29, 0.717) is 45.6 Å². The van der Waals surface area contributed by atoms with Crippen molar-refractivity contribution in [3.63, 3.8) is 0 Å². The van der Waals surface area contributed by atoms with Crippen LogP contribution in [0.5, 0.6) is 0 Å². The van der Waals surface area contributed by atoms with Crippen LogP contribution in [0, 0.1) is 0 Å². The molecule has 34 heavy (non-hydrogen) atoms. The molecule has 3 aromatic rings. The van der Waals surface area contributed by atoms with Gasteiger partial charge in [0.1, 0.15) is 11.6 Å². The van der Waals surface area contributed by atoms with E-state index in [0.717, 1.165) is 11.4 Å². The lowest BCUT2D eigenvalue weighted by atomic mass is 10.1. The fourth-order valence-electron chi connectivity index (χ4n) is 2.64. The number of rotatable bonds is 10. The van der Waals surface area contributed by atoms with Gasteiger partial charge in [-0.1, -0.05) is 6.07 Å². The summed E-state index contributed by atoms with van der Waals surface area (Å²) in [5, 5.41) is 32.5. The van der Waals surface area contributed by atoms with Crippen LogP contribution in [-0.2, 0) is 0 Å². The quantitative estimate of drug-likeness (QED) is 0.196. The molecule has 0 spiro atoms. The third-order valence-corrected chi connectivity index (χ3v) is 5.40. The van der Waals surface area contributed by atoms with Crippen molar-refractivity contribution in [2.45, 2.75) is 38.9 Å². The third-order valence-electron chi connectivity index (χ3n) is 4.24. The number of aromatic nitrogens is 4. The Bertz CT molecular complexity index is 1050. The Labute approximate surface area is 215 Å². The summed E-state index contributed by atoms with van der Waals surface area (Å²) in [4.78, 5) is 17.6. The molecule has 2 heterocycles. The van der Waals surface area contributed by atoms with Crippen LogP contribution in [-0.4, -0.2) is 54.4 Å². The van der Waals surface area contributed by atoms with Crippen molar-refractivity contribution in [3.05, 3.63) is 45.6 Å². The third kappa shape index (κ3) is 8.35. The van der Waals surface area contributed by atoms with E-state index in [4.69, 9.17) is 0 Å². The molecule has 0 amide bonds. The Morgan fingerprint density at radius 2 is 1.18 bits per heavy atom. The van der Waals surface area contributed by atoms with Gasteiger partial charge in [0.05, 0.1) is 20.1 Å². The minimum absolute atomic E-state index is 0.335. The predicted octanol–water partition coefficient (Wildman–Crippen LogP) is 4.64. The van der Waals surface area contributed by atoms with Crippen LogP contribution in [0.2, 0.25) is 0 Å². The summed E-state index contributed by atoms with van der Waals surface area (Å²) < 4.78 is 1.39. The van der Waals surface area contributed by atoms with E-state index in [1.54, 1.807) is 40.1 Å². The Kier molecular flexibility index (Phi) is 8.29. The fourth-order valence-corrected chi connectivity index (χ4v) is 3.30. The van der Waals surface area contributed by atoms with Gasteiger partial charge >= 0.3 is 0 Å². The van der Waals surface area contributed by atoms with E-state index in [1.807, 2.05) is 24.3 Å². The Morgan fingerprint density at radius 3 is 1.56 bits per heavy atom. The van der Waals surface area contributed by atoms with Crippen LogP contribution in [0.1, 0.15) is 27.7 Å². The van der Waals surface area contributed by atoms with Crippen molar-refractivity contribution >= 4 is 66.8 Å². The van der Waals surface area contributed by atoms with Crippen LogP contribution in [0.15, 0.2) is 45.6 Å². The molecular weight excluding hydrogens is 568 g/mol. The van der Waals surface area contributed by atoms with Gasteiger partial charge in [0.15, 0.2) is 0 Å². The molecule has 0 aliphatic heterocycles. The standard InChI is InChI=1S/C22H28Br2N8O2/c1-21(2,33)11-27-17-15(23)9-25-19(31-17)29-13-6-5-7-14(8-13)30-20-26-10-16(24)18(32-20)28-12-22(3,4)34/h5-10,33-34H,11-12H2,1-4H3,(H2,25,27,29,31)(H2,26,28,30,32). The minimum Gasteiger partial charge on any atom is -0.389 e. The molecule has 0 aliphatic rings. The molecule has 0 bridgehead atoms. The molecule has 1 aromatic carbocycles. The van der Waals surface area contributed by atoms with Gasteiger partial charge in [-0.3, -0.25) is 0 Å². The van der Waals surface area contributed by atoms with Crippen LogP contribution < -0.4 is 21.3 Å². The van der Waals surface area contributed by atoms with Gasteiger partial charge in [0.2, 0.25) is 11.9 Å². The van der Waals surface area contributed by atoms with Gasteiger partial charge in [-0.05, 0) is 77.8 Å². The molecule has 3 rings (SSSR count). The first-order valence-electron chi connectivity index (χ1n) is 10.5. The Balaban J connectivity index is 1.71. The zero-order chi connectivity index (χ0) is 24.9. The summed E-state index contributed by atoms with van der Waals surface area (Å²) >= 11 is 6.84. The van der Waals surface area contributed by atoms with Crippen molar-refractivity contribution < 1.29 is 10.2 Å². The molecule has 0 saturated carbocycles. The number of hydrogen-bond acceptors (Lipinski definition) is 10. The van der Waals surface area contributed by atoms with E-state index in [-0.39, 0.29) is 0 Å². The maximum Gasteiger partial charge on any atom is 0.229 e. The van der Waals surface area contributed by atoms with Crippen molar-refractivity contribution in [2.24, 2.45) is 0 Å². The van der Waals surface area contributed by atoms with Crippen molar-refractivity contribution in [1.82, 2.24) is 19.9 Å². The van der Waals surface area contributed by atoms with Crippen LogP contribution in [0.3, 0.4) is 0 Å². The number of aliphatic hydroxyl groups is 2. The topological polar surface area (TPSA) is 140 Å². The highest BCUT2D eigenvalue weighted by atomic mass is 79.9. The highest BCUT2D eigenvalue weighted by Gasteiger charge is 2.15. The van der Waals surface area contributed by atoms with Crippen LogP contribution in [0.4, 0.5) is 34.9 Å². The first kappa shape index (κ1) is 26.1. The maximum atomic E-state index is 9.95. The second kappa shape index (κ2) is 10.8. The number of anilines is 6. The second-order valence-electron chi connectivity index (χ2n) is 8.94. The Morgan fingerprint density at radius 1 is 0.765 bits per heavy atom. The normalized spacial score (nSPS) is 11.8. The number of nitrogens with zero attached hydrogens (tertiary/aromatic N) is 4. The molecule has 2 aromatic heterocycles. The average molecular weight is 596 g/mol. The molecule has 0 aliphatic carbocycles. The Hall–Kier alpha value is -2.54. The van der Waals surface area contributed by atoms with Crippen molar-refractivity contribution in [2.75, 3.05) is 34.4 Å². The molecule has 6 N–H and O–H groups in total. The average Bonchev–Trinajstić information content (AvgIpc) is 2.73. The van der Waals surface area contributed by atoms with Gasteiger partial charge < -0.3 is 31.5 Å². The molecule has 0 unspecified atom stereocenters. The monoisotopic (exact) mass is 594 g/mol. The fraction of sp³-hybridized carbons (Fsp3) is 0.364. The summed E-state index contributed by atoms with van der Waals surface area (Å²) in [6.07, 6.45) is 3.28. The highest BCUT2D eigenvalue weighted by Crippen LogP contribution is 2.26. The highest BCUT2D eigenvalue weighted by molar-refractivity contribution is 9.11. The van der Waals surface area contributed by atoms with Crippen molar-refractivity contribution in [1.29, 1.82) is 0 Å². The minimum atomic E-state index is -0.878. The lowest BCUT2D eigenvalue weighted by Crippen LogP contribution is -2.29. The van der Waals surface area contributed by atoms with Crippen molar-refractivity contribution in [3.8, 4) is 0 Å². The largest absolute Gasteiger partial charge is 0.389 e. The molecule has 0 radical (unpaired) electrons. The van der Waals surface area contributed by atoms with E-state index >= 15 is 0 Å². The van der Waals surface area contributed by atoms with E-state index in [1.165, 1.54) is 0 Å². The van der Waals surface area contributed by atoms with E-state index in [2.05, 4.69) is 73.1 Å². The molecule has 0 fully saturated rings. The first-order chi connectivity index (χ1) is 15.9. The lowest BCUT2D eigenvalue weighted by Gasteiger charge is -2.19. The maximum absolute atomic E-state index is 9.95. The summed E-state index contributed by atoms with van der Waals surface area (Å²) in [5.41, 5.74) is -0.232. The van der Waals surface area contributed by atoms with Gasteiger partial charge in [-0.15, -0.1) is 0 Å². The van der Waals surface area contributed by atoms with Gasteiger partial charge in [0.25, 0.3) is 0 Å². The van der Waals surface area contributed by atoms with Gasteiger partial charge in [-0.25, -0.2) is 9.97 Å². The molecule has 0 saturated heterocycles. The SMILES string of the molecule is CC(C)(O)CNc1nc(Nc2cccc(Nc3ncc(Br)c(NCC(C)(C)O)n3)c2)ncc1Br. The van der Waals surface area contributed by atoms with Crippen LogP contribution in [0.25, 0.3) is 0 Å². The zero-order valence-electron chi connectivity index (χ0n) is 19.3. The summed E-state index contributed by atoms with van der Waals surface area (Å²) in [6, 6.07) is 7.53. The molecule has 10 nitrogen and oxygen atoms in total. The molecular formula is C22H28Br2N8O2. The van der Waals surface area contributed by atoms with Crippen LogP contribution >= 0.6 is 31.9 Å². The van der Waals surface area contributed by atoms with Gasteiger partial charge in [-0.2, -0.15) is 9.97 Å². The van der Waals surface area contributed by atoms with Gasteiger partial charge in [0, 0.05) is 36.9 Å². The molecule has 12 heteroatoms. The summed E-state index contributed by atoms with van der Waals surface area (Å²) in [5.74, 6) is 1.94. The zero-order valence-corrected chi connectivity index (χ0v) is 22.5. The number of hydrogen-bond donors (Lipinski definition) is 6. The first-order valence-corrected chi connectivity index (χ1v) is 12.1.